The molecule has 134 valence electrons. The van der Waals surface area contributed by atoms with Crippen molar-refractivity contribution in [1.29, 1.82) is 0 Å². The van der Waals surface area contributed by atoms with Crippen LogP contribution in [0.4, 0.5) is 0 Å². The van der Waals surface area contributed by atoms with Gasteiger partial charge in [-0.25, -0.2) is 0 Å². The normalized spacial score (nSPS) is 11.3. The number of benzene rings is 3. The lowest BCUT2D eigenvalue weighted by atomic mass is 10.2. The Morgan fingerprint density at radius 2 is 1.35 bits per heavy atom. The third-order valence-electron chi connectivity index (χ3n) is 3.86. The third-order valence-corrected chi connectivity index (χ3v) is 5.14. The van der Waals surface area contributed by atoms with Gasteiger partial charge in [0.05, 0.1) is 11.5 Å². The molecule has 0 saturated carbocycles. The standard InChI is InChI=1S/C21H20O4S/c1-17-7-13-21(14-8-17)26(22,23)25-16-19-9-11-20(12-10-19)24-15-18-5-3-2-4-6-18/h2-14H,15-16H2,1H3. The molecule has 0 radical (unpaired) electrons. The molecule has 3 rings (SSSR count). The number of ether oxygens (including phenoxy) is 1. The molecule has 0 saturated heterocycles. The predicted molar refractivity (Wildman–Crippen MR) is 100 cm³/mol. The minimum atomic E-state index is -3.76. The molecule has 5 heteroatoms. The molecule has 4 nitrogen and oxygen atoms in total. The molecular weight excluding hydrogens is 348 g/mol. The van der Waals surface area contributed by atoms with Gasteiger partial charge in [-0.05, 0) is 42.3 Å². The smallest absolute Gasteiger partial charge is 0.297 e. The monoisotopic (exact) mass is 368 g/mol. The topological polar surface area (TPSA) is 52.6 Å². The van der Waals surface area contributed by atoms with Crippen molar-refractivity contribution in [3.05, 3.63) is 95.6 Å². The average Bonchev–Trinajstić information content (AvgIpc) is 2.67. The Labute approximate surface area is 154 Å². The van der Waals surface area contributed by atoms with E-state index >= 15 is 0 Å². The van der Waals surface area contributed by atoms with Crippen molar-refractivity contribution in [2.24, 2.45) is 0 Å². The molecule has 3 aromatic rings. The van der Waals surface area contributed by atoms with E-state index in [0.29, 0.717) is 6.61 Å². The van der Waals surface area contributed by atoms with Crippen LogP contribution in [0.5, 0.6) is 5.75 Å². The summed E-state index contributed by atoms with van der Waals surface area (Å²) in [6, 6.07) is 23.7. The van der Waals surface area contributed by atoms with E-state index in [2.05, 4.69) is 0 Å². The van der Waals surface area contributed by atoms with Gasteiger partial charge in [0.1, 0.15) is 12.4 Å². The summed E-state index contributed by atoms with van der Waals surface area (Å²) in [7, 11) is -3.76. The van der Waals surface area contributed by atoms with E-state index in [4.69, 9.17) is 8.92 Å². The van der Waals surface area contributed by atoms with Gasteiger partial charge >= 0.3 is 0 Å². The lowest BCUT2D eigenvalue weighted by Crippen LogP contribution is -2.06. The first-order valence-corrected chi connectivity index (χ1v) is 9.65. The van der Waals surface area contributed by atoms with Crippen LogP contribution in [-0.4, -0.2) is 8.42 Å². The Kier molecular flexibility index (Phi) is 5.71. The summed E-state index contributed by atoms with van der Waals surface area (Å²) in [5.41, 5.74) is 2.84. The maximum atomic E-state index is 12.2. The molecule has 3 aromatic carbocycles. The van der Waals surface area contributed by atoms with Crippen LogP contribution in [0.25, 0.3) is 0 Å². The van der Waals surface area contributed by atoms with Gasteiger partial charge in [-0.1, -0.05) is 60.2 Å². The van der Waals surface area contributed by atoms with Crippen LogP contribution in [0.3, 0.4) is 0 Å². The molecule has 0 aliphatic heterocycles. The molecule has 0 aliphatic carbocycles. The van der Waals surface area contributed by atoms with Crippen molar-refractivity contribution in [2.75, 3.05) is 0 Å². The maximum Gasteiger partial charge on any atom is 0.297 e. The first kappa shape index (κ1) is 18.2. The van der Waals surface area contributed by atoms with E-state index < -0.39 is 10.1 Å². The van der Waals surface area contributed by atoms with E-state index in [-0.39, 0.29) is 11.5 Å². The van der Waals surface area contributed by atoms with Gasteiger partial charge in [0.15, 0.2) is 0 Å². The van der Waals surface area contributed by atoms with Gasteiger partial charge in [-0.2, -0.15) is 8.42 Å². The van der Waals surface area contributed by atoms with E-state index in [9.17, 15) is 8.42 Å². The zero-order chi connectivity index (χ0) is 18.4. The van der Waals surface area contributed by atoms with Crippen LogP contribution in [0.1, 0.15) is 16.7 Å². The summed E-state index contributed by atoms with van der Waals surface area (Å²) in [5.74, 6) is 0.721. The lowest BCUT2D eigenvalue weighted by Gasteiger charge is -2.08. The number of rotatable bonds is 7. The zero-order valence-corrected chi connectivity index (χ0v) is 15.3. The SMILES string of the molecule is Cc1ccc(S(=O)(=O)OCc2ccc(OCc3ccccc3)cc2)cc1. The van der Waals surface area contributed by atoms with Crippen molar-refractivity contribution in [2.45, 2.75) is 25.0 Å². The highest BCUT2D eigenvalue weighted by Crippen LogP contribution is 2.18. The minimum absolute atomic E-state index is 0.0187. The van der Waals surface area contributed by atoms with Crippen LogP contribution in [-0.2, 0) is 27.5 Å². The Bertz CT molecular complexity index is 932. The summed E-state index contributed by atoms with van der Waals surface area (Å²) in [6.45, 7) is 2.37. The first-order valence-electron chi connectivity index (χ1n) is 8.25. The van der Waals surface area contributed by atoms with E-state index in [1.807, 2.05) is 37.3 Å². The summed E-state index contributed by atoms with van der Waals surface area (Å²) in [6.07, 6.45) is 0. The second-order valence-corrected chi connectivity index (χ2v) is 7.56. The summed E-state index contributed by atoms with van der Waals surface area (Å²) >= 11 is 0. The Morgan fingerprint density at radius 1 is 0.731 bits per heavy atom. The first-order chi connectivity index (χ1) is 12.5. The Balaban J connectivity index is 1.56. The Hall–Kier alpha value is -2.63. The lowest BCUT2D eigenvalue weighted by molar-refractivity contribution is 0.302. The molecule has 0 unspecified atom stereocenters. The zero-order valence-electron chi connectivity index (χ0n) is 14.5. The van der Waals surface area contributed by atoms with Crippen LogP contribution < -0.4 is 4.74 Å². The molecule has 0 heterocycles. The fraction of sp³-hybridized carbons (Fsp3) is 0.143. The van der Waals surface area contributed by atoms with Crippen LogP contribution in [0, 0.1) is 6.92 Å². The van der Waals surface area contributed by atoms with E-state index in [1.54, 1.807) is 48.5 Å². The van der Waals surface area contributed by atoms with Gasteiger partial charge in [0, 0.05) is 0 Å². The highest BCUT2D eigenvalue weighted by molar-refractivity contribution is 7.86. The van der Waals surface area contributed by atoms with Gasteiger partial charge in [-0.15, -0.1) is 0 Å². The van der Waals surface area contributed by atoms with Crippen molar-refractivity contribution < 1.29 is 17.3 Å². The summed E-state index contributed by atoms with van der Waals surface area (Å²) < 4.78 is 35.2. The van der Waals surface area contributed by atoms with Crippen LogP contribution in [0.2, 0.25) is 0 Å². The van der Waals surface area contributed by atoms with E-state index in [1.165, 1.54) is 0 Å². The van der Waals surface area contributed by atoms with Gasteiger partial charge in [0.25, 0.3) is 10.1 Å². The van der Waals surface area contributed by atoms with Crippen molar-refractivity contribution in [3.8, 4) is 5.75 Å². The molecule has 0 bridgehead atoms. The summed E-state index contributed by atoms with van der Waals surface area (Å²) in [5, 5.41) is 0. The molecule has 26 heavy (non-hydrogen) atoms. The molecule has 0 spiro atoms. The Morgan fingerprint density at radius 3 is 2.00 bits per heavy atom. The molecule has 0 atom stereocenters. The van der Waals surface area contributed by atoms with Gasteiger partial charge in [0.2, 0.25) is 0 Å². The highest BCUT2D eigenvalue weighted by Gasteiger charge is 2.14. The number of hydrogen-bond acceptors (Lipinski definition) is 4. The third kappa shape index (κ3) is 4.94. The largest absolute Gasteiger partial charge is 0.489 e. The molecule has 0 aliphatic rings. The van der Waals surface area contributed by atoms with Crippen LogP contribution in [0.15, 0.2) is 83.8 Å². The van der Waals surface area contributed by atoms with Crippen LogP contribution >= 0.6 is 0 Å². The van der Waals surface area contributed by atoms with E-state index in [0.717, 1.165) is 22.4 Å². The predicted octanol–water partition coefficient (Wildman–Crippen LogP) is 4.48. The minimum Gasteiger partial charge on any atom is -0.489 e. The molecule has 0 N–H and O–H groups in total. The van der Waals surface area contributed by atoms with Gasteiger partial charge in [-0.3, -0.25) is 4.18 Å². The molecular formula is C21H20O4S. The van der Waals surface area contributed by atoms with Crippen molar-refractivity contribution >= 4 is 10.1 Å². The average molecular weight is 368 g/mol. The molecule has 0 aromatic heterocycles. The quantitative estimate of drug-likeness (QED) is 0.577. The van der Waals surface area contributed by atoms with Gasteiger partial charge < -0.3 is 4.74 Å². The molecule has 0 fully saturated rings. The highest BCUT2D eigenvalue weighted by atomic mass is 32.2. The molecule has 0 amide bonds. The second-order valence-electron chi connectivity index (χ2n) is 5.95. The maximum absolute atomic E-state index is 12.2. The fourth-order valence-electron chi connectivity index (χ4n) is 2.34. The number of aryl methyl sites for hydroxylation is 1. The van der Waals surface area contributed by atoms with Crippen molar-refractivity contribution in [1.82, 2.24) is 0 Å². The number of hydrogen-bond donors (Lipinski definition) is 0. The second kappa shape index (κ2) is 8.17. The fourth-order valence-corrected chi connectivity index (χ4v) is 3.24. The van der Waals surface area contributed by atoms with Crippen molar-refractivity contribution in [3.63, 3.8) is 0 Å². The summed E-state index contributed by atoms with van der Waals surface area (Å²) in [4.78, 5) is 0.158.